The molecule has 0 unspecified atom stereocenters. The van der Waals surface area contributed by atoms with Gasteiger partial charge in [-0.3, -0.25) is 0 Å². The van der Waals surface area contributed by atoms with E-state index in [1.165, 1.54) is 0 Å². The number of fused-ring (bicyclic) bond motifs is 1. The maximum atomic E-state index is 9.11. The summed E-state index contributed by atoms with van der Waals surface area (Å²) in [6, 6.07) is 0.348. The minimum Gasteiger partial charge on any atom is -0.388 e. The summed E-state index contributed by atoms with van der Waals surface area (Å²) < 4.78 is 2.02. The van der Waals surface area contributed by atoms with Crippen LogP contribution in [0, 0.1) is 0 Å². The fraction of sp³-hybridized carbons (Fsp3) is 0.438. The molecular weight excluding hydrogens is 320 g/mol. The highest BCUT2D eigenvalue weighted by Gasteiger charge is 2.20. The molecule has 9 nitrogen and oxygen atoms in total. The van der Waals surface area contributed by atoms with Crippen molar-refractivity contribution in [1.29, 1.82) is 0 Å². The van der Waals surface area contributed by atoms with E-state index in [4.69, 9.17) is 10.1 Å². The van der Waals surface area contributed by atoms with E-state index in [9.17, 15) is 0 Å². The van der Waals surface area contributed by atoms with Crippen LogP contribution in [0.2, 0.25) is 0 Å². The number of rotatable bonds is 5. The third-order valence-corrected chi connectivity index (χ3v) is 4.35. The van der Waals surface area contributed by atoms with E-state index in [0.717, 1.165) is 54.4 Å². The highest BCUT2D eigenvalue weighted by molar-refractivity contribution is 5.86. The van der Waals surface area contributed by atoms with Gasteiger partial charge in [0.25, 0.3) is 0 Å². The van der Waals surface area contributed by atoms with Crippen LogP contribution in [0.5, 0.6) is 0 Å². The van der Waals surface area contributed by atoms with Crippen molar-refractivity contribution in [3.63, 3.8) is 0 Å². The van der Waals surface area contributed by atoms with Gasteiger partial charge in [0.15, 0.2) is 22.8 Å². The van der Waals surface area contributed by atoms with Crippen LogP contribution in [-0.2, 0) is 13.2 Å². The van der Waals surface area contributed by atoms with E-state index in [-0.39, 0.29) is 6.61 Å². The number of hydrogen-bond donors (Lipinski definition) is 3. The minimum absolute atomic E-state index is 0.181. The van der Waals surface area contributed by atoms with Gasteiger partial charge in [-0.1, -0.05) is 0 Å². The second-order valence-electron chi connectivity index (χ2n) is 5.95. The van der Waals surface area contributed by atoms with E-state index in [1.54, 1.807) is 18.7 Å². The number of anilines is 1. The number of aryl methyl sites for hydroxylation is 1. The summed E-state index contributed by atoms with van der Waals surface area (Å²) in [6.45, 7) is 4.51. The van der Waals surface area contributed by atoms with Crippen molar-refractivity contribution in [2.45, 2.75) is 32.5 Å². The molecule has 0 radical (unpaired) electrons. The molecule has 1 aliphatic rings. The number of nitrogens with one attached hydrogen (secondary N) is 2. The van der Waals surface area contributed by atoms with Crippen molar-refractivity contribution < 1.29 is 5.11 Å². The van der Waals surface area contributed by atoms with E-state index in [2.05, 4.69) is 30.6 Å². The van der Waals surface area contributed by atoms with Gasteiger partial charge in [0.2, 0.25) is 0 Å². The first-order chi connectivity index (χ1) is 12.3. The molecule has 1 aliphatic heterocycles. The summed E-state index contributed by atoms with van der Waals surface area (Å²) in [5, 5.41) is 15.9. The van der Waals surface area contributed by atoms with Crippen LogP contribution in [0.3, 0.4) is 0 Å². The average molecular weight is 340 g/mol. The molecule has 1 atom stereocenters. The Hall–Kier alpha value is -2.65. The fourth-order valence-corrected chi connectivity index (χ4v) is 3.09. The van der Waals surface area contributed by atoms with Crippen molar-refractivity contribution in [2.75, 3.05) is 18.4 Å². The van der Waals surface area contributed by atoms with Gasteiger partial charge >= 0.3 is 0 Å². The average Bonchev–Trinajstić information content (AvgIpc) is 3.29. The van der Waals surface area contributed by atoms with Gasteiger partial charge in [-0.25, -0.2) is 24.9 Å². The molecule has 1 saturated heterocycles. The first-order valence-corrected chi connectivity index (χ1v) is 8.40. The predicted molar refractivity (Wildman–Crippen MR) is 92.8 cm³/mol. The fourth-order valence-electron chi connectivity index (χ4n) is 3.09. The second-order valence-corrected chi connectivity index (χ2v) is 5.95. The lowest BCUT2D eigenvalue weighted by Crippen LogP contribution is -2.22. The molecular formula is C16H20N8O. The molecule has 0 aromatic carbocycles. The topological polar surface area (TPSA) is 114 Å². The Morgan fingerprint density at radius 3 is 2.80 bits per heavy atom. The Labute approximate surface area is 144 Å². The highest BCUT2D eigenvalue weighted by atomic mass is 16.3. The maximum Gasteiger partial charge on any atom is 0.165 e. The highest BCUT2D eigenvalue weighted by Crippen LogP contribution is 2.26. The summed E-state index contributed by atoms with van der Waals surface area (Å²) in [5.41, 5.74) is 2.32. The Balaban J connectivity index is 1.78. The standard InChI is InChI=1S/C16H20N8O/c1-2-24-15(10-5-18-12(8-25)19-6-10)23-13-14(20-9-21-16(13)24)22-11-3-4-17-7-11/h5-6,9,11,17,25H,2-4,7-8H2,1H3,(H,20,21,22)/t11-/m0/s1. The lowest BCUT2D eigenvalue weighted by atomic mass is 10.2. The van der Waals surface area contributed by atoms with E-state index in [1.807, 2.05) is 11.5 Å². The number of imidazole rings is 1. The summed E-state index contributed by atoms with van der Waals surface area (Å²) >= 11 is 0. The third kappa shape index (κ3) is 2.92. The Morgan fingerprint density at radius 2 is 2.12 bits per heavy atom. The van der Waals surface area contributed by atoms with Crippen LogP contribution in [0.15, 0.2) is 18.7 Å². The van der Waals surface area contributed by atoms with E-state index in [0.29, 0.717) is 11.9 Å². The van der Waals surface area contributed by atoms with Gasteiger partial charge in [-0.2, -0.15) is 0 Å². The number of aliphatic hydroxyl groups is 1. The third-order valence-electron chi connectivity index (χ3n) is 4.35. The van der Waals surface area contributed by atoms with Gasteiger partial charge in [-0.15, -0.1) is 0 Å². The molecule has 3 N–H and O–H groups in total. The predicted octanol–water partition coefficient (Wildman–Crippen LogP) is 0.569. The SMILES string of the molecule is CCn1c(-c2cnc(CO)nc2)nc2c(N[C@H]3CCNC3)ncnc21. The molecule has 9 heteroatoms. The first kappa shape index (κ1) is 15.9. The van der Waals surface area contributed by atoms with Gasteiger partial charge in [0, 0.05) is 31.5 Å². The van der Waals surface area contributed by atoms with E-state index < -0.39 is 0 Å². The first-order valence-electron chi connectivity index (χ1n) is 8.40. The van der Waals surface area contributed by atoms with Crippen LogP contribution in [0.1, 0.15) is 19.2 Å². The van der Waals surface area contributed by atoms with Crippen molar-refractivity contribution in [3.8, 4) is 11.4 Å². The number of nitrogens with zero attached hydrogens (tertiary/aromatic N) is 6. The summed E-state index contributed by atoms with van der Waals surface area (Å²) in [6.07, 6.45) is 5.97. The van der Waals surface area contributed by atoms with Crippen LogP contribution < -0.4 is 10.6 Å². The molecule has 0 amide bonds. The molecule has 0 aliphatic carbocycles. The molecule has 1 fully saturated rings. The molecule has 25 heavy (non-hydrogen) atoms. The smallest absolute Gasteiger partial charge is 0.165 e. The van der Waals surface area contributed by atoms with Gasteiger partial charge < -0.3 is 20.3 Å². The number of hydrogen-bond acceptors (Lipinski definition) is 8. The van der Waals surface area contributed by atoms with Crippen molar-refractivity contribution in [2.24, 2.45) is 0 Å². The largest absolute Gasteiger partial charge is 0.388 e. The van der Waals surface area contributed by atoms with E-state index >= 15 is 0 Å². The Morgan fingerprint density at radius 1 is 1.28 bits per heavy atom. The zero-order valence-corrected chi connectivity index (χ0v) is 14.0. The molecule has 4 heterocycles. The number of aliphatic hydroxyl groups excluding tert-OH is 1. The lowest BCUT2D eigenvalue weighted by molar-refractivity contribution is 0.271. The normalized spacial score (nSPS) is 17.3. The van der Waals surface area contributed by atoms with Crippen molar-refractivity contribution >= 4 is 17.0 Å². The summed E-state index contributed by atoms with van der Waals surface area (Å²) in [4.78, 5) is 21.9. The molecule has 0 bridgehead atoms. The lowest BCUT2D eigenvalue weighted by Gasteiger charge is -2.11. The zero-order valence-electron chi connectivity index (χ0n) is 14.0. The maximum absolute atomic E-state index is 9.11. The van der Waals surface area contributed by atoms with Gasteiger partial charge in [-0.05, 0) is 19.9 Å². The molecule has 0 spiro atoms. The van der Waals surface area contributed by atoms with Gasteiger partial charge in [0.1, 0.15) is 18.8 Å². The van der Waals surface area contributed by atoms with Crippen LogP contribution in [-0.4, -0.2) is 53.7 Å². The molecule has 3 aromatic rings. The van der Waals surface area contributed by atoms with Crippen LogP contribution in [0.4, 0.5) is 5.82 Å². The Kier molecular flexibility index (Phi) is 4.24. The van der Waals surface area contributed by atoms with Crippen molar-refractivity contribution in [1.82, 2.24) is 34.8 Å². The molecule has 130 valence electrons. The summed E-state index contributed by atoms with van der Waals surface area (Å²) in [5.74, 6) is 1.88. The zero-order chi connectivity index (χ0) is 17.2. The Bertz CT molecular complexity index is 870. The van der Waals surface area contributed by atoms with Gasteiger partial charge in [0.05, 0.1) is 5.56 Å². The second kappa shape index (κ2) is 6.69. The van der Waals surface area contributed by atoms with Crippen molar-refractivity contribution in [3.05, 3.63) is 24.5 Å². The quantitative estimate of drug-likeness (QED) is 0.618. The molecule has 3 aromatic heterocycles. The molecule has 0 saturated carbocycles. The number of aromatic nitrogens is 6. The summed E-state index contributed by atoms with van der Waals surface area (Å²) in [7, 11) is 0. The molecule has 4 rings (SSSR count). The van der Waals surface area contributed by atoms with Crippen LogP contribution in [0.25, 0.3) is 22.6 Å². The monoisotopic (exact) mass is 340 g/mol. The van der Waals surface area contributed by atoms with Crippen LogP contribution >= 0.6 is 0 Å². The minimum atomic E-state index is -0.181.